The number of nitrogens with one attached hydrogen (secondary N) is 2. The molecular formula is C59H68N2O10Si. The maximum atomic E-state index is 14.6. The highest BCUT2D eigenvalue weighted by Gasteiger charge is 2.50. The molecule has 6 rings (SSSR count). The van der Waals surface area contributed by atoms with E-state index in [0.29, 0.717) is 23.5 Å². The zero-order valence-corrected chi connectivity index (χ0v) is 43.5. The SMILES string of the molecule is CCN[C@@](Cc1cc(-c2ccc(OCc3ccccc3)c(CC(CC[Si](C)(C)C)C(=O)ONC(=O)OCc3ccccc3)c2)ccc1OCc1ccccc1)(C(=O)OCc1ccccc1)C(=O)OC(C)(C)C. The monoisotopic (exact) mass is 992 g/mol. The van der Waals surface area contributed by atoms with Gasteiger partial charge in [0.15, 0.2) is 0 Å². The van der Waals surface area contributed by atoms with Crippen molar-refractivity contribution in [3.8, 4) is 22.6 Å². The standard InChI is InChI=1S/C59H68N2O10Si/c1-8-60-59(56(64)70-58(2,3)4,55(63)68-41-45-25-17-11-18-26-45)38-51-36-48(30-32-53(51)67-40-44-23-15-10-16-24-44)47-29-31-52(66-39-43-21-13-9-14-22-43)50(35-47)37-49(33-34-72(5,6)7)54(62)71-61-57(65)69-42-46-27-19-12-20-28-46/h9-32,35-36,49,60H,8,33-34,37-42H2,1-7H3,(H,61,65)/t49?,59-/m0/s1. The van der Waals surface area contributed by atoms with Crippen LogP contribution < -0.4 is 20.3 Å². The van der Waals surface area contributed by atoms with Crippen LogP contribution in [0.25, 0.3) is 11.1 Å². The maximum absolute atomic E-state index is 14.6. The van der Waals surface area contributed by atoms with Crippen molar-refractivity contribution in [3.63, 3.8) is 0 Å². The molecule has 6 aromatic rings. The molecule has 0 heterocycles. The van der Waals surface area contributed by atoms with E-state index in [1.807, 2.05) is 165 Å². The number of ether oxygens (including phenoxy) is 5. The van der Waals surface area contributed by atoms with Gasteiger partial charge in [0.2, 0.25) is 5.54 Å². The summed E-state index contributed by atoms with van der Waals surface area (Å²) in [6, 6.07) is 50.3. The van der Waals surface area contributed by atoms with Crippen molar-refractivity contribution >= 4 is 32.1 Å². The lowest BCUT2D eigenvalue weighted by Crippen LogP contribution is -2.62. The fourth-order valence-corrected chi connectivity index (χ4v) is 9.12. The lowest BCUT2D eigenvalue weighted by molar-refractivity contribution is -0.174. The number of hydroxylamine groups is 1. The molecule has 0 saturated heterocycles. The van der Waals surface area contributed by atoms with E-state index < -0.39 is 49.1 Å². The molecule has 0 aliphatic rings. The number of rotatable bonds is 23. The van der Waals surface area contributed by atoms with Crippen LogP contribution in [0.5, 0.6) is 11.5 Å². The summed E-state index contributed by atoms with van der Waals surface area (Å²) in [5.74, 6) is -1.82. The van der Waals surface area contributed by atoms with E-state index in [0.717, 1.165) is 45.0 Å². The molecule has 0 fully saturated rings. The molecule has 0 bridgehead atoms. The van der Waals surface area contributed by atoms with Crippen LogP contribution in [0.1, 0.15) is 67.5 Å². The second-order valence-corrected chi connectivity index (χ2v) is 25.6. The minimum Gasteiger partial charge on any atom is -0.489 e. The predicted octanol–water partition coefficient (Wildman–Crippen LogP) is 11.8. The Labute approximate surface area is 425 Å². The van der Waals surface area contributed by atoms with Crippen molar-refractivity contribution in [2.75, 3.05) is 6.54 Å². The van der Waals surface area contributed by atoms with Crippen molar-refractivity contribution in [1.82, 2.24) is 10.8 Å². The first-order valence-electron chi connectivity index (χ1n) is 24.5. The zero-order chi connectivity index (χ0) is 51.6. The normalized spacial score (nSPS) is 12.7. The molecule has 72 heavy (non-hydrogen) atoms. The largest absolute Gasteiger partial charge is 0.489 e. The average Bonchev–Trinajstić information content (AvgIpc) is 3.37. The molecule has 378 valence electrons. The van der Waals surface area contributed by atoms with Gasteiger partial charge in [-0.2, -0.15) is 0 Å². The van der Waals surface area contributed by atoms with E-state index in [1.165, 1.54) is 0 Å². The van der Waals surface area contributed by atoms with Gasteiger partial charge in [0.05, 0.1) is 5.92 Å². The fourth-order valence-electron chi connectivity index (χ4n) is 7.91. The summed E-state index contributed by atoms with van der Waals surface area (Å²) in [6.45, 7) is 14.5. The quantitative estimate of drug-likeness (QED) is 0.0208. The second kappa shape index (κ2) is 25.8. The Hall–Kier alpha value is -7.22. The molecule has 0 aliphatic carbocycles. The summed E-state index contributed by atoms with van der Waals surface area (Å²) in [5.41, 5.74) is 5.52. The third kappa shape index (κ3) is 16.7. The van der Waals surface area contributed by atoms with Crippen LogP contribution in [0.2, 0.25) is 25.7 Å². The average molecular weight is 993 g/mol. The van der Waals surface area contributed by atoms with Crippen molar-refractivity contribution in [3.05, 3.63) is 191 Å². The first kappa shape index (κ1) is 54.1. The van der Waals surface area contributed by atoms with Crippen LogP contribution in [0.15, 0.2) is 158 Å². The van der Waals surface area contributed by atoms with E-state index in [2.05, 4.69) is 30.4 Å². The molecule has 12 nitrogen and oxygen atoms in total. The number of carbonyl (C=O) groups excluding carboxylic acids is 4. The summed E-state index contributed by atoms with van der Waals surface area (Å²) in [4.78, 5) is 61.4. The van der Waals surface area contributed by atoms with Gasteiger partial charge in [0.25, 0.3) is 0 Å². The molecule has 0 aliphatic heterocycles. The van der Waals surface area contributed by atoms with Crippen LogP contribution in [0.3, 0.4) is 0 Å². The van der Waals surface area contributed by atoms with Crippen molar-refractivity contribution < 1.29 is 47.7 Å². The molecule has 1 unspecified atom stereocenters. The number of carbonyl (C=O) groups is 4. The molecule has 0 aromatic heterocycles. The smallest absolute Gasteiger partial charge is 0.441 e. The van der Waals surface area contributed by atoms with Crippen LogP contribution >= 0.6 is 0 Å². The van der Waals surface area contributed by atoms with Crippen molar-refractivity contribution in [2.45, 2.75) is 110 Å². The molecule has 0 radical (unpaired) electrons. The van der Waals surface area contributed by atoms with E-state index >= 15 is 0 Å². The third-order valence-corrected chi connectivity index (χ3v) is 13.5. The molecule has 6 aromatic carbocycles. The summed E-state index contributed by atoms with van der Waals surface area (Å²) in [5, 5.41) is 3.20. The molecule has 0 saturated carbocycles. The van der Waals surface area contributed by atoms with Gasteiger partial charge >= 0.3 is 24.0 Å². The highest BCUT2D eigenvalue weighted by Crippen LogP contribution is 2.36. The fraction of sp³-hybridized carbons (Fsp3) is 0.322. The number of amides is 1. The third-order valence-electron chi connectivity index (χ3n) is 11.7. The Bertz CT molecular complexity index is 2690. The van der Waals surface area contributed by atoms with Gasteiger partial charge in [-0.3, -0.25) is 5.32 Å². The molecule has 13 heteroatoms. The number of hydrogen-bond acceptors (Lipinski definition) is 11. The van der Waals surface area contributed by atoms with Gasteiger partial charge in [-0.1, -0.05) is 166 Å². The van der Waals surface area contributed by atoms with E-state index in [4.69, 9.17) is 28.5 Å². The van der Waals surface area contributed by atoms with Gasteiger partial charge in [-0.05, 0) is 109 Å². The van der Waals surface area contributed by atoms with Crippen LogP contribution in [-0.2, 0) is 72.7 Å². The molecule has 0 spiro atoms. The van der Waals surface area contributed by atoms with Crippen LogP contribution in [0, 0.1) is 5.92 Å². The summed E-state index contributed by atoms with van der Waals surface area (Å²) < 4.78 is 30.3. The molecule has 2 atom stereocenters. The summed E-state index contributed by atoms with van der Waals surface area (Å²) >= 11 is 0. The van der Waals surface area contributed by atoms with E-state index in [9.17, 15) is 19.2 Å². The van der Waals surface area contributed by atoms with Crippen LogP contribution in [0.4, 0.5) is 4.79 Å². The lowest BCUT2D eigenvalue weighted by Gasteiger charge is -2.33. The Balaban J connectivity index is 1.39. The van der Waals surface area contributed by atoms with Gasteiger partial charge in [-0.15, -0.1) is 5.48 Å². The Morgan fingerprint density at radius 2 is 1.03 bits per heavy atom. The van der Waals surface area contributed by atoms with E-state index in [1.54, 1.807) is 20.8 Å². The Morgan fingerprint density at radius 1 is 0.569 bits per heavy atom. The Kier molecular flexibility index (Phi) is 19.4. The first-order chi connectivity index (χ1) is 34.5. The Morgan fingerprint density at radius 3 is 1.50 bits per heavy atom. The minimum absolute atomic E-state index is 0.00940. The second-order valence-electron chi connectivity index (χ2n) is 20.0. The van der Waals surface area contributed by atoms with Gasteiger partial charge in [0, 0.05) is 14.5 Å². The highest BCUT2D eigenvalue weighted by molar-refractivity contribution is 6.76. The molecule has 2 N–H and O–H groups in total. The number of likely N-dealkylation sites (N-methyl/N-ethyl adjacent to an activating group) is 1. The number of esters is 2. The number of benzene rings is 6. The van der Waals surface area contributed by atoms with Gasteiger partial charge in [0.1, 0.15) is 43.5 Å². The predicted molar refractivity (Wildman–Crippen MR) is 281 cm³/mol. The maximum Gasteiger partial charge on any atom is 0.441 e. The topological polar surface area (TPSA) is 148 Å². The zero-order valence-electron chi connectivity index (χ0n) is 42.5. The van der Waals surface area contributed by atoms with Crippen LogP contribution in [-0.4, -0.2) is 49.8 Å². The van der Waals surface area contributed by atoms with Crippen molar-refractivity contribution in [2.24, 2.45) is 5.92 Å². The first-order valence-corrected chi connectivity index (χ1v) is 28.2. The summed E-state index contributed by atoms with van der Waals surface area (Å²) in [6.07, 6.45) is -0.334. The molecular weight excluding hydrogens is 925 g/mol. The van der Waals surface area contributed by atoms with E-state index in [-0.39, 0.29) is 45.8 Å². The lowest BCUT2D eigenvalue weighted by atomic mass is 9.87. The minimum atomic E-state index is -1.98. The molecule has 1 amide bonds. The highest BCUT2D eigenvalue weighted by atomic mass is 28.3. The van der Waals surface area contributed by atoms with Gasteiger partial charge < -0.3 is 28.5 Å². The number of hydrogen-bond donors (Lipinski definition) is 2. The summed E-state index contributed by atoms with van der Waals surface area (Å²) in [7, 11) is -1.67. The van der Waals surface area contributed by atoms with Crippen molar-refractivity contribution in [1.29, 1.82) is 0 Å². The van der Waals surface area contributed by atoms with Gasteiger partial charge in [-0.25, -0.2) is 19.2 Å².